The molecule has 1 aliphatic heterocycles. The van der Waals surface area contributed by atoms with E-state index in [1.165, 1.54) is 6.07 Å². The molecule has 1 aromatic carbocycles. The van der Waals surface area contributed by atoms with E-state index in [2.05, 4.69) is 20.4 Å². The Balaban J connectivity index is 1.43. The van der Waals surface area contributed by atoms with Crippen molar-refractivity contribution in [3.05, 3.63) is 52.4 Å². The Morgan fingerprint density at radius 1 is 1.30 bits per heavy atom. The van der Waals surface area contributed by atoms with E-state index in [0.29, 0.717) is 28.5 Å². The number of hydrogen-bond donors (Lipinski definition) is 2. The molecular formula is C21H25ClFN5O2. The number of aliphatic hydroxyl groups excluding tert-OH is 1. The third-order valence-corrected chi connectivity index (χ3v) is 5.85. The fourth-order valence-corrected chi connectivity index (χ4v) is 4.09. The molecule has 2 heterocycles. The number of nitrogens with zero attached hydrogens (tertiary/aromatic N) is 4. The van der Waals surface area contributed by atoms with Crippen molar-refractivity contribution in [2.24, 2.45) is 0 Å². The zero-order valence-corrected chi connectivity index (χ0v) is 17.4. The molecule has 1 saturated carbocycles. The lowest BCUT2D eigenvalue weighted by molar-refractivity contribution is 0.160. The summed E-state index contributed by atoms with van der Waals surface area (Å²) in [5.74, 6) is 0.289. The van der Waals surface area contributed by atoms with E-state index < -0.39 is 5.82 Å². The van der Waals surface area contributed by atoms with Crippen LogP contribution in [0.1, 0.15) is 36.8 Å². The Hall–Kier alpha value is -2.45. The largest absolute Gasteiger partial charge is 0.392 e. The summed E-state index contributed by atoms with van der Waals surface area (Å²) in [5, 5.41) is 20.7. The average molecular weight is 434 g/mol. The normalized spacial score (nSPS) is 18.9. The predicted octanol–water partition coefficient (Wildman–Crippen LogP) is 3.10. The highest BCUT2D eigenvalue weighted by atomic mass is 35.5. The van der Waals surface area contributed by atoms with Crippen LogP contribution in [0, 0.1) is 5.82 Å². The number of urea groups is 1. The van der Waals surface area contributed by atoms with Crippen LogP contribution in [0.5, 0.6) is 0 Å². The standard InChI is InChI=1S/C21H25ClFN5O2/c22-16-4-3-15(19(23)9-16)11-24-21(30)28(17-5-6-17)18-2-1-7-27(12-18)20-8-14(13-29)10-25-26-20/h3-4,8-10,17-18,29H,1-2,5-7,11-13H2,(H,24,30)/t18-/m1/s1. The highest BCUT2D eigenvalue weighted by Gasteiger charge is 2.39. The number of carbonyl (C=O) groups excluding carboxylic acids is 1. The summed E-state index contributed by atoms with van der Waals surface area (Å²) < 4.78 is 14.0. The van der Waals surface area contributed by atoms with Crippen LogP contribution in [-0.4, -0.2) is 51.4 Å². The molecule has 4 rings (SSSR count). The van der Waals surface area contributed by atoms with Gasteiger partial charge in [0, 0.05) is 41.8 Å². The molecule has 2 aromatic rings. The lowest BCUT2D eigenvalue weighted by atomic mass is 10.0. The lowest BCUT2D eigenvalue weighted by Crippen LogP contribution is -2.54. The monoisotopic (exact) mass is 433 g/mol. The summed E-state index contributed by atoms with van der Waals surface area (Å²) in [5.41, 5.74) is 1.12. The molecule has 2 aliphatic rings. The van der Waals surface area contributed by atoms with Gasteiger partial charge >= 0.3 is 6.03 Å². The van der Waals surface area contributed by atoms with Crippen molar-refractivity contribution in [3.63, 3.8) is 0 Å². The van der Waals surface area contributed by atoms with Crippen LogP contribution in [0.4, 0.5) is 15.0 Å². The van der Waals surface area contributed by atoms with Crippen molar-refractivity contribution in [2.75, 3.05) is 18.0 Å². The highest BCUT2D eigenvalue weighted by Crippen LogP contribution is 2.32. The van der Waals surface area contributed by atoms with Crippen LogP contribution in [-0.2, 0) is 13.2 Å². The average Bonchev–Trinajstić information content (AvgIpc) is 3.58. The number of nitrogens with one attached hydrogen (secondary N) is 1. The second-order valence-corrected chi connectivity index (χ2v) is 8.29. The molecule has 2 fully saturated rings. The van der Waals surface area contributed by atoms with E-state index in [-0.39, 0.29) is 31.3 Å². The summed E-state index contributed by atoms with van der Waals surface area (Å²) in [6.45, 7) is 1.52. The van der Waals surface area contributed by atoms with Crippen molar-refractivity contribution >= 4 is 23.4 Å². The van der Waals surface area contributed by atoms with Gasteiger partial charge in [0.15, 0.2) is 5.82 Å². The maximum Gasteiger partial charge on any atom is 0.318 e. The number of amides is 2. The van der Waals surface area contributed by atoms with Gasteiger partial charge in [-0.1, -0.05) is 17.7 Å². The second kappa shape index (κ2) is 9.14. The molecule has 0 spiro atoms. The minimum Gasteiger partial charge on any atom is -0.392 e. The minimum absolute atomic E-state index is 0.0425. The first-order valence-corrected chi connectivity index (χ1v) is 10.6. The molecule has 9 heteroatoms. The molecule has 1 aliphatic carbocycles. The summed E-state index contributed by atoms with van der Waals surface area (Å²) in [6.07, 6.45) is 5.35. The van der Waals surface area contributed by atoms with Crippen LogP contribution in [0.3, 0.4) is 0 Å². The molecule has 1 aromatic heterocycles. The van der Waals surface area contributed by atoms with E-state index in [1.807, 2.05) is 11.0 Å². The number of halogens is 2. The Morgan fingerprint density at radius 2 is 2.13 bits per heavy atom. The van der Waals surface area contributed by atoms with Gasteiger partial charge in [-0.2, -0.15) is 5.10 Å². The molecule has 0 bridgehead atoms. The molecule has 0 unspecified atom stereocenters. The number of aliphatic hydroxyl groups is 1. The van der Waals surface area contributed by atoms with Crippen molar-refractivity contribution in [1.82, 2.24) is 20.4 Å². The summed E-state index contributed by atoms with van der Waals surface area (Å²) in [6, 6.07) is 6.39. The molecule has 7 nitrogen and oxygen atoms in total. The van der Waals surface area contributed by atoms with Crippen molar-refractivity contribution < 1.29 is 14.3 Å². The quantitative estimate of drug-likeness (QED) is 0.731. The molecule has 0 radical (unpaired) electrons. The Kier molecular flexibility index (Phi) is 6.34. The lowest BCUT2D eigenvalue weighted by Gasteiger charge is -2.40. The third kappa shape index (κ3) is 4.82. The van der Waals surface area contributed by atoms with Crippen LogP contribution in [0.2, 0.25) is 5.02 Å². The Bertz CT molecular complexity index is 911. The number of aromatic nitrogens is 2. The molecular weight excluding hydrogens is 409 g/mol. The maximum atomic E-state index is 14.0. The highest BCUT2D eigenvalue weighted by molar-refractivity contribution is 6.30. The molecule has 30 heavy (non-hydrogen) atoms. The van der Waals surface area contributed by atoms with Crippen molar-refractivity contribution in [2.45, 2.75) is 50.9 Å². The number of rotatable bonds is 6. The first kappa shape index (κ1) is 20.8. The number of carbonyl (C=O) groups is 1. The first-order valence-electron chi connectivity index (χ1n) is 10.2. The molecule has 2 amide bonds. The summed E-state index contributed by atoms with van der Waals surface area (Å²) in [4.78, 5) is 17.0. The number of hydrogen-bond acceptors (Lipinski definition) is 5. The Labute approximate surface area is 179 Å². The number of anilines is 1. The van der Waals surface area contributed by atoms with Crippen LogP contribution in [0.15, 0.2) is 30.5 Å². The fourth-order valence-electron chi connectivity index (χ4n) is 3.93. The topological polar surface area (TPSA) is 81.6 Å². The Morgan fingerprint density at radius 3 is 2.87 bits per heavy atom. The predicted molar refractivity (Wildman–Crippen MR) is 112 cm³/mol. The fraction of sp³-hybridized carbons (Fsp3) is 0.476. The second-order valence-electron chi connectivity index (χ2n) is 7.86. The first-order chi connectivity index (χ1) is 14.5. The molecule has 2 N–H and O–H groups in total. The van der Waals surface area contributed by atoms with Gasteiger partial charge in [-0.15, -0.1) is 5.10 Å². The number of benzene rings is 1. The van der Waals surface area contributed by atoms with Crippen molar-refractivity contribution in [3.8, 4) is 0 Å². The molecule has 1 saturated heterocycles. The van der Waals surface area contributed by atoms with Gasteiger partial charge in [-0.3, -0.25) is 0 Å². The van der Waals surface area contributed by atoms with Crippen molar-refractivity contribution in [1.29, 1.82) is 0 Å². The van der Waals surface area contributed by atoms with Gasteiger partial charge in [0.2, 0.25) is 0 Å². The summed E-state index contributed by atoms with van der Waals surface area (Å²) in [7, 11) is 0. The van der Waals surface area contributed by atoms with Gasteiger partial charge in [0.05, 0.1) is 18.8 Å². The van der Waals surface area contributed by atoms with E-state index >= 15 is 0 Å². The minimum atomic E-state index is -0.424. The smallest absolute Gasteiger partial charge is 0.318 e. The van der Waals surface area contributed by atoms with Crippen LogP contribution >= 0.6 is 11.6 Å². The number of piperidine rings is 1. The van der Waals surface area contributed by atoms with Crippen LogP contribution in [0.25, 0.3) is 0 Å². The SMILES string of the molecule is O=C(NCc1ccc(Cl)cc1F)N(C1CC1)[C@@H]1CCCN(c2cc(CO)cnn2)C1. The van der Waals surface area contributed by atoms with E-state index in [4.69, 9.17) is 11.6 Å². The third-order valence-electron chi connectivity index (χ3n) is 5.61. The van der Waals surface area contributed by atoms with Gasteiger partial charge in [0.1, 0.15) is 5.82 Å². The van der Waals surface area contributed by atoms with E-state index in [0.717, 1.165) is 32.2 Å². The van der Waals surface area contributed by atoms with Crippen LogP contribution < -0.4 is 10.2 Å². The van der Waals surface area contributed by atoms with Gasteiger partial charge in [-0.25, -0.2) is 9.18 Å². The maximum absolute atomic E-state index is 14.0. The zero-order chi connectivity index (χ0) is 21.1. The zero-order valence-electron chi connectivity index (χ0n) is 16.6. The molecule has 160 valence electrons. The van der Waals surface area contributed by atoms with Gasteiger partial charge < -0.3 is 20.2 Å². The summed E-state index contributed by atoms with van der Waals surface area (Å²) >= 11 is 5.80. The van der Waals surface area contributed by atoms with Gasteiger partial charge in [-0.05, 0) is 43.9 Å². The van der Waals surface area contributed by atoms with E-state index in [9.17, 15) is 14.3 Å². The van der Waals surface area contributed by atoms with E-state index in [1.54, 1.807) is 18.3 Å². The molecule has 1 atom stereocenters. The van der Waals surface area contributed by atoms with Gasteiger partial charge in [0.25, 0.3) is 0 Å².